The van der Waals surface area contributed by atoms with Gasteiger partial charge in [-0.05, 0) is 18.3 Å². The van der Waals surface area contributed by atoms with Crippen LogP contribution in [0.15, 0.2) is 12.4 Å². The molecule has 5 heteroatoms. The molecule has 1 atom stereocenters. The SMILES string of the molecule is CC(C)CN(Cc1cnn(C)c1)C(=O)C[C@@H]1CCOC1. The monoisotopic (exact) mass is 279 g/mol. The van der Waals surface area contributed by atoms with Crippen LogP contribution in [0.2, 0.25) is 0 Å². The lowest BCUT2D eigenvalue weighted by Crippen LogP contribution is -2.34. The Kier molecular flexibility index (Phi) is 5.17. The van der Waals surface area contributed by atoms with E-state index in [4.69, 9.17) is 4.74 Å². The Bertz CT molecular complexity index is 436. The third-order valence-corrected chi connectivity index (χ3v) is 3.56. The summed E-state index contributed by atoms with van der Waals surface area (Å²) in [4.78, 5) is 14.4. The molecule has 1 aliphatic rings. The van der Waals surface area contributed by atoms with Gasteiger partial charge in [0.25, 0.3) is 0 Å². The molecule has 112 valence electrons. The van der Waals surface area contributed by atoms with Gasteiger partial charge in [0.15, 0.2) is 0 Å². The van der Waals surface area contributed by atoms with Crippen molar-refractivity contribution in [2.75, 3.05) is 19.8 Å². The van der Waals surface area contributed by atoms with E-state index in [0.717, 1.165) is 31.7 Å². The van der Waals surface area contributed by atoms with Gasteiger partial charge in [-0.2, -0.15) is 5.10 Å². The zero-order valence-electron chi connectivity index (χ0n) is 12.7. The van der Waals surface area contributed by atoms with Crippen LogP contribution in [0.5, 0.6) is 0 Å². The number of amides is 1. The summed E-state index contributed by atoms with van der Waals surface area (Å²) in [6.45, 7) is 7.25. The van der Waals surface area contributed by atoms with E-state index in [9.17, 15) is 4.79 Å². The first-order valence-electron chi connectivity index (χ1n) is 7.37. The van der Waals surface area contributed by atoms with E-state index >= 15 is 0 Å². The molecule has 5 nitrogen and oxygen atoms in total. The van der Waals surface area contributed by atoms with Gasteiger partial charge in [0.2, 0.25) is 5.91 Å². The van der Waals surface area contributed by atoms with E-state index in [0.29, 0.717) is 24.8 Å². The maximum atomic E-state index is 12.5. The number of nitrogens with zero attached hydrogens (tertiary/aromatic N) is 3. The molecule has 0 saturated carbocycles. The highest BCUT2D eigenvalue weighted by atomic mass is 16.5. The van der Waals surface area contributed by atoms with Crippen molar-refractivity contribution in [1.29, 1.82) is 0 Å². The molecule has 0 N–H and O–H groups in total. The average molecular weight is 279 g/mol. The third-order valence-electron chi connectivity index (χ3n) is 3.56. The fourth-order valence-electron chi connectivity index (χ4n) is 2.59. The normalized spacial score (nSPS) is 18.7. The number of ether oxygens (including phenoxy) is 1. The highest BCUT2D eigenvalue weighted by Gasteiger charge is 2.23. The third kappa shape index (κ3) is 4.34. The second-order valence-electron chi connectivity index (χ2n) is 6.12. The Balaban J connectivity index is 1.96. The molecule has 0 bridgehead atoms. The summed E-state index contributed by atoms with van der Waals surface area (Å²) in [5.74, 6) is 1.10. The Hall–Kier alpha value is -1.36. The minimum Gasteiger partial charge on any atom is -0.381 e. The Morgan fingerprint density at radius 2 is 2.40 bits per heavy atom. The predicted molar refractivity (Wildman–Crippen MR) is 77.0 cm³/mol. The number of aromatic nitrogens is 2. The molecule has 0 radical (unpaired) electrons. The van der Waals surface area contributed by atoms with Crippen LogP contribution in [0, 0.1) is 11.8 Å². The molecule has 1 fully saturated rings. The smallest absolute Gasteiger partial charge is 0.223 e. The molecule has 20 heavy (non-hydrogen) atoms. The van der Waals surface area contributed by atoms with Crippen LogP contribution in [-0.2, 0) is 23.1 Å². The van der Waals surface area contributed by atoms with Crippen LogP contribution < -0.4 is 0 Å². The minimum absolute atomic E-state index is 0.234. The molecule has 0 unspecified atom stereocenters. The van der Waals surface area contributed by atoms with Crippen molar-refractivity contribution in [3.05, 3.63) is 18.0 Å². The van der Waals surface area contributed by atoms with Crippen LogP contribution in [0.25, 0.3) is 0 Å². The minimum atomic E-state index is 0.234. The van der Waals surface area contributed by atoms with Crippen molar-refractivity contribution >= 4 is 5.91 Å². The Labute approximate surface area is 120 Å². The predicted octanol–water partition coefficient (Wildman–Crippen LogP) is 1.83. The molecule has 1 amide bonds. The topological polar surface area (TPSA) is 47.4 Å². The van der Waals surface area contributed by atoms with Gasteiger partial charge in [0.1, 0.15) is 0 Å². The molecule has 0 spiro atoms. The quantitative estimate of drug-likeness (QED) is 0.798. The van der Waals surface area contributed by atoms with Crippen molar-refractivity contribution in [3.8, 4) is 0 Å². The fraction of sp³-hybridized carbons (Fsp3) is 0.733. The van der Waals surface area contributed by atoms with Crippen molar-refractivity contribution in [2.45, 2.75) is 33.2 Å². The van der Waals surface area contributed by atoms with Gasteiger partial charge < -0.3 is 9.64 Å². The van der Waals surface area contributed by atoms with E-state index in [1.807, 2.05) is 24.3 Å². The fourth-order valence-corrected chi connectivity index (χ4v) is 2.59. The van der Waals surface area contributed by atoms with Crippen LogP contribution in [0.1, 0.15) is 32.3 Å². The molecule has 1 aromatic heterocycles. The molecule has 2 rings (SSSR count). The van der Waals surface area contributed by atoms with Crippen LogP contribution >= 0.6 is 0 Å². The Morgan fingerprint density at radius 1 is 1.60 bits per heavy atom. The first-order chi connectivity index (χ1) is 9.54. The van der Waals surface area contributed by atoms with Crippen molar-refractivity contribution < 1.29 is 9.53 Å². The first kappa shape index (κ1) is 15.0. The maximum Gasteiger partial charge on any atom is 0.223 e. The lowest BCUT2D eigenvalue weighted by Gasteiger charge is -2.25. The number of carbonyl (C=O) groups excluding carboxylic acids is 1. The van der Waals surface area contributed by atoms with E-state index < -0.39 is 0 Å². The summed E-state index contributed by atoms with van der Waals surface area (Å²) in [5, 5.41) is 4.17. The van der Waals surface area contributed by atoms with Gasteiger partial charge in [0.05, 0.1) is 6.20 Å². The number of carbonyl (C=O) groups is 1. The second kappa shape index (κ2) is 6.88. The van der Waals surface area contributed by atoms with Gasteiger partial charge in [-0.25, -0.2) is 0 Å². The number of hydrogen-bond acceptors (Lipinski definition) is 3. The van der Waals surface area contributed by atoms with Gasteiger partial charge in [0, 0.05) is 51.5 Å². The van der Waals surface area contributed by atoms with Crippen molar-refractivity contribution in [2.24, 2.45) is 18.9 Å². The summed E-state index contributed by atoms with van der Waals surface area (Å²) >= 11 is 0. The first-order valence-corrected chi connectivity index (χ1v) is 7.37. The summed E-state index contributed by atoms with van der Waals surface area (Å²) in [6, 6.07) is 0. The maximum absolute atomic E-state index is 12.5. The van der Waals surface area contributed by atoms with E-state index in [-0.39, 0.29) is 5.91 Å². The second-order valence-corrected chi connectivity index (χ2v) is 6.12. The molecular formula is C15H25N3O2. The average Bonchev–Trinajstić information content (AvgIpc) is 3.00. The van der Waals surface area contributed by atoms with E-state index in [2.05, 4.69) is 18.9 Å². The molecule has 0 aromatic carbocycles. The van der Waals surface area contributed by atoms with Crippen molar-refractivity contribution in [1.82, 2.24) is 14.7 Å². The van der Waals surface area contributed by atoms with Crippen LogP contribution in [-0.4, -0.2) is 40.3 Å². The largest absolute Gasteiger partial charge is 0.381 e. The Morgan fingerprint density at radius 3 is 2.95 bits per heavy atom. The highest BCUT2D eigenvalue weighted by molar-refractivity contribution is 5.76. The van der Waals surface area contributed by atoms with Crippen LogP contribution in [0.4, 0.5) is 0 Å². The van der Waals surface area contributed by atoms with E-state index in [1.54, 1.807) is 4.68 Å². The lowest BCUT2D eigenvalue weighted by atomic mass is 10.0. The van der Waals surface area contributed by atoms with Gasteiger partial charge in [-0.3, -0.25) is 9.48 Å². The molecule has 0 aliphatic carbocycles. The molecule has 1 aliphatic heterocycles. The summed E-state index contributed by atoms with van der Waals surface area (Å²) in [6.07, 6.45) is 5.42. The van der Waals surface area contributed by atoms with Crippen LogP contribution in [0.3, 0.4) is 0 Å². The van der Waals surface area contributed by atoms with Crippen molar-refractivity contribution in [3.63, 3.8) is 0 Å². The van der Waals surface area contributed by atoms with Gasteiger partial charge in [-0.1, -0.05) is 13.8 Å². The molecular weight excluding hydrogens is 254 g/mol. The number of rotatable bonds is 6. The number of aryl methyl sites for hydroxylation is 1. The van der Waals surface area contributed by atoms with E-state index in [1.165, 1.54) is 0 Å². The standard InChI is InChI=1S/C15H25N3O2/c1-12(2)8-18(10-14-7-16-17(3)9-14)15(19)6-13-4-5-20-11-13/h7,9,12-13H,4-6,8,10-11H2,1-3H3/t13-/m0/s1. The zero-order valence-corrected chi connectivity index (χ0v) is 12.7. The summed E-state index contributed by atoms with van der Waals surface area (Å²) in [5.41, 5.74) is 1.09. The van der Waals surface area contributed by atoms with Gasteiger partial charge in [-0.15, -0.1) is 0 Å². The summed E-state index contributed by atoms with van der Waals surface area (Å²) < 4.78 is 7.13. The molecule has 1 aromatic rings. The summed E-state index contributed by atoms with van der Waals surface area (Å²) in [7, 11) is 1.90. The zero-order chi connectivity index (χ0) is 14.5. The lowest BCUT2D eigenvalue weighted by molar-refractivity contribution is -0.133. The number of hydrogen-bond donors (Lipinski definition) is 0. The highest BCUT2D eigenvalue weighted by Crippen LogP contribution is 2.19. The molecule has 2 heterocycles. The molecule has 1 saturated heterocycles. The van der Waals surface area contributed by atoms with Gasteiger partial charge >= 0.3 is 0 Å².